The van der Waals surface area contributed by atoms with Crippen LogP contribution in [-0.4, -0.2) is 34.1 Å². The Morgan fingerprint density at radius 3 is 2.88 bits per heavy atom. The third kappa shape index (κ3) is 1.70. The first-order chi connectivity index (χ1) is 7.63. The molecule has 0 atom stereocenters. The highest BCUT2D eigenvalue weighted by molar-refractivity contribution is 5.74. The van der Waals surface area contributed by atoms with E-state index in [4.69, 9.17) is 5.11 Å². The van der Waals surface area contributed by atoms with E-state index < -0.39 is 17.7 Å². The van der Waals surface area contributed by atoms with Crippen LogP contribution in [0.5, 0.6) is 0 Å². The number of carboxylic acids is 1. The topological polar surface area (TPSA) is 66.3 Å². The van der Waals surface area contributed by atoms with Crippen LogP contribution in [0.25, 0.3) is 0 Å². The predicted octanol–water partition coefficient (Wildman–Crippen LogP) is 0.699. The third-order valence-electron chi connectivity index (χ3n) is 2.71. The van der Waals surface area contributed by atoms with E-state index in [2.05, 4.69) is 9.97 Å². The zero-order valence-corrected chi connectivity index (χ0v) is 8.85. The summed E-state index contributed by atoms with van der Waals surface area (Å²) in [7, 11) is 0. The SMILES string of the molecule is CCc1ncnc(N2CC(C(=O)O)C2)c1F. The molecule has 2 heterocycles. The second-order valence-electron chi connectivity index (χ2n) is 3.75. The van der Waals surface area contributed by atoms with E-state index >= 15 is 0 Å². The van der Waals surface area contributed by atoms with Gasteiger partial charge >= 0.3 is 5.97 Å². The fourth-order valence-corrected chi connectivity index (χ4v) is 1.67. The van der Waals surface area contributed by atoms with E-state index in [1.165, 1.54) is 6.33 Å². The molecule has 0 spiro atoms. The molecule has 1 aliphatic rings. The molecule has 86 valence electrons. The van der Waals surface area contributed by atoms with E-state index in [-0.39, 0.29) is 5.82 Å². The average molecular weight is 225 g/mol. The summed E-state index contributed by atoms with van der Waals surface area (Å²) in [5, 5.41) is 8.71. The van der Waals surface area contributed by atoms with Crippen LogP contribution in [0, 0.1) is 11.7 Å². The molecule has 6 heteroatoms. The first kappa shape index (κ1) is 10.8. The smallest absolute Gasteiger partial charge is 0.310 e. The maximum atomic E-state index is 13.8. The van der Waals surface area contributed by atoms with Gasteiger partial charge in [0.05, 0.1) is 11.6 Å². The quantitative estimate of drug-likeness (QED) is 0.820. The van der Waals surface area contributed by atoms with Crippen LogP contribution >= 0.6 is 0 Å². The van der Waals surface area contributed by atoms with Crippen molar-refractivity contribution in [2.24, 2.45) is 5.92 Å². The van der Waals surface area contributed by atoms with Crippen LogP contribution in [0.3, 0.4) is 0 Å². The van der Waals surface area contributed by atoms with Crippen molar-refractivity contribution in [1.29, 1.82) is 0 Å². The number of halogens is 1. The van der Waals surface area contributed by atoms with Crippen LogP contribution in [0.2, 0.25) is 0 Å². The Bertz CT molecular complexity index is 419. The van der Waals surface area contributed by atoms with Crippen molar-refractivity contribution in [3.8, 4) is 0 Å². The molecule has 2 rings (SSSR count). The number of rotatable bonds is 3. The predicted molar refractivity (Wildman–Crippen MR) is 54.7 cm³/mol. The Morgan fingerprint density at radius 2 is 2.31 bits per heavy atom. The highest BCUT2D eigenvalue weighted by atomic mass is 19.1. The summed E-state index contributed by atoms with van der Waals surface area (Å²) in [5.74, 6) is -1.49. The lowest BCUT2D eigenvalue weighted by molar-refractivity contribution is -0.142. The van der Waals surface area contributed by atoms with Crippen LogP contribution in [0.4, 0.5) is 10.2 Å². The van der Waals surface area contributed by atoms with Gasteiger partial charge in [0.25, 0.3) is 0 Å². The van der Waals surface area contributed by atoms with Gasteiger partial charge in [-0.25, -0.2) is 14.4 Å². The molecule has 16 heavy (non-hydrogen) atoms. The summed E-state index contributed by atoms with van der Waals surface area (Å²) < 4.78 is 13.8. The number of aromatic nitrogens is 2. The van der Waals surface area contributed by atoms with Crippen LogP contribution in [0.15, 0.2) is 6.33 Å². The van der Waals surface area contributed by atoms with Crippen molar-refractivity contribution < 1.29 is 14.3 Å². The summed E-state index contributed by atoms with van der Waals surface area (Å²) in [4.78, 5) is 19.9. The summed E-state index contributed by atoms with van der Waals surface area (Å²) in [5.41, 5.74) is 0.365. The monoisotopic (exact) mass is 225 g/mol. The van der Waals surface area contributed by atoms with Gasteiger partial charge in [-0.15, -0.1) is 0 Å². The summed E-state index contributed by atoms with van der Waals surface area (Å²) in [6.07, 6.45) is 1.81. The number of aryl methyl sites for hydroxylation is 1. The Hall–Kier alpha value is -1.72. The van der Waals surface area contributed by atoms with Gasteiger partial charge in [0, 0.05) is 13.1 Å². The van der Waals surface area contributed by atoms with Gasteiger partial charge in [0.2, 0.25) is 0 Å². The third-order valence-corrected chi connectivity index (χ3v) is 2.71. The van der Waals surface area contributed by atoms with E-state index in [1.54, 1.807) is 4.90 Å². The van der Waals surface area contributed by atoms with E-state index in [0.29, 0.717) is 25.2 Å². The van der Waals surface area contributed by atoms with Crippen molar-refractivity contribution in [2.45, 2.75) is 13.3 Å². The first-order valence-electron chi connectivity index (χ1n) is 5.10. The normalized spacial score (nSPS) is 16.0. The average Bonchev–Trinajstić information content (AvgIpc) is 2.18. The maximum Gasteiger partial charge on any atom is 0.310 e. The van der Waals surface area contributed by atoms with Gasteiger partial charge in [-0.05, 0) is 6.42 Å². The lowest BCUT2D eigenvalue weighted by atomic mass is 10.0. The minimum Gasteiger partial charge on any atom is -0.481 e. The first-order valence-corrected chi connectivity index (χ1v) is 5.10. The Kier molecular flexibility index (Phi) is 2.72. The molecule has 1 fully saturated rings. The van der Waals surface area contributed by atoms with Crippen molar-refractivity contribution in [3.63, 3.8) is 0 Å². The van der Waals surface area contributed by atoms with Gasteiger partial charge in [0.1, 0.15) is 6.33 Å². The molecule has 1 aliphatic heterocycles. The zero-order valence-electron chi connectivity index (χ0n) is 8.85. The molecule has 1 aromatic rings. The largest absolute Gasteiger partial charge is 0.481 e. The van der Waals surface area contributed by atoms with E-state index in [0.717, 1.165) is 0 Å². The van der Waals surface area contributed by atoms with Crippen molar-refractivity contribution >= 4 is 11.8 Å². The second-order valence-corrected chi connectivity index (χ2v) is 3.75. The van der Waals surface area contributed by atoms with Gasteiger partial charge in [-0.2, -0.15) is 0 Å². The van der Waals surface area contributed by atoms with Gasteiger partial charge in [-0.1, -0.05) is 6.92 Å². The summed E-state index contributed by atoms with van der Waals surface area (Å²) >= 11 is 0. The molecule has 1 N–H and O–H groups in total. The molecular formula is C10H12FN3O2. The zero-order chi connectivity index (χ0) is 11.7. The molecular weight excluding hydrogens is 213 g/mol. The van der Waals surface area contributed by atoms with Crippen LogP contribution < -0.4 is 4.90 Å². The van der Waals surface area contributed by atoms with Crippen LogP contribution in [0.1, 0.15) is 12.6 Å². The van der Waals surface area contributed by atoms with E-state index in [9.17, 15) is 9.18 Å². The minimum atomic E-state index is -0.846. The number of hydrogen-bond acceptors (Lipinski definition) is 4. The highest BCUT2D eigenvalue weighted by Gasteiger charge is 2.35. The minimum absolute atomic E-state index is 0.212. The molecule has 0 bridgehead atoms. The van der Waals surface area contributed by atoms with Gasteiger partial charge in [-0.3, -0.25) is 4.79 Å². The Labute approximate surface area is 91.9 Å². The summed E-state index contributed by atoms with van der Waals surface area (Å²) in [6.45, 7) is 2.43. The fourth-order valence-electron chi connectivity index (χ4n) is 1.67. The number of carboxylic acid groups (broad SMARTS) is 1. The number of aliphatic carboxylic acids is 1. The lowest BCUT2D eigenvalue weighted by Crippen LogP contribution is -2.51. The van der Waals surface area contributed by atoms with E-state index in [1.807, 2.05) is 6.92 Å². The molecule has 0 aliphatic carbocycles. The number of hydrogen-bond donors (Lipinski definition) is 1. The summed E-state index contributed by atoms with van der Waals surface area (Å²) in [6, 6.07) is 0. The highest BCUT2D eigenvalue weighted by Crippen LogP contribution is 2.26. The number of carbonyl (C=O) groups is 1. The van der Waals surface area contributed by atoms with Crippen molar-refractivity contribution in [1.82, 2.24) is 9.97 Å². The van der Waals surface area contributed by atoms with Crippen molar-refractivity contribution in [3.05, 3.63) is 17.8 Å². The molecule has 0 saturated carbocycles. The molecule has 5 nitrogen and oxygen atoms in total. The molecule has 0 aromatic carbocycles. The number of anilines is 1. The number of nitrogens with zero attached hydrogens (tertiary/aromatic N) is 3. The molecule has 0 unspecified atom stereocenters. The second kappa shape index (κ2) is 4.03. The van der Waals surface area contributed by atoms with Crippen molar-refractivity contribution in [2.75, 3.05) is 18.0 Å². The lowest BCUT2D eigenvalue weighted by Gasteiger charge is -2.37. The standard InChI is InChI=1S/C10H12FN3O2/c1-2-7-8(11)9(13-5-12-7)14-3-6(4-14)10(15)16/h5-6H,2-4H2,1H3,(H,15,16). The Morgan fingerprint density at radius 1 is 1.62 bits per heavy atom. The van der Waals surface area contributed by atoms with Gasteiger partial charge < -0.3 is 10.0 Å². The Balaban J connectivity index is 2.15. The maximum absolute atomic E-state index is 13.8. The molecule has 1 aromatic heterocycles. The fraction of sp³-hybridized carbons (Fsp3) is 0.500. The molecule has 1 saturated heterocycles. The van der Waals surface area contributed by atoms with Crippen LogP contribution in [-0.2, 0) is 11.2 Å². The van der Waals surface area contributed by atoms with Gasteiger partial charge in [0.15, 0.2) is 11.6 Å². The molecule has 0 amide bonds. The molecule has 0 radical (unpaired) electrons.